The largest absolute Gasteiger partial charge is 0.449 e. The highest BCUT2D eigenvalue weighted by Gasteiger charge is 2.63. The third-order valence-corrected chi connectivity index (χ3v) is 7.87. The van der Waals surface area contributed by atoms with Gasteiger partial charge in [0.05, 0.1) is 11.8 Å². The molecule has 3 fully saturated rings. The molecule has 4 heterocycles. The number of nitrogens with one attached hydrogen (secondary N) is 1. The number of hydrogen-bond donors (Lipinski definition) is 2. The Kier molecular flexibility index (Phi) is 4.44. The Balaban J connectivity index is 1.28. The van der Waals surface area contributed by atoms with Gasteiger partial charge in [-0.1, -0.05) is 36.4 Å². The predicted molar refractivity (Wildman–Crippen MR) is 118 cm³/mol. The Morgan fingerprint density at radius 3 is 2.34 bits per heavy atom. The van der Waals surface area contributed by atoms with Crippen molar-refractivity contribution in [2.24, 2.45) is 17.6 Å². The number of nitrogens with two attached hydrogens (primary N) is 1. The van der Waals surface area contributed by atoms with Gasteiger partial charge in [-0.15, -0.1) is 11.8 Å². The number of fused-ring (bicyclic) bond motifs is 4. The van der Waals surface area contributed by atoms with Gasteiger partial charge in [0.1, 0.15) is 12.4 Å². The molecule has 0 radical (unpaired) electrons. The van der Waals surface area contributed by atoms with Crippen molar-refractivity contribution in [2.75, 3.05) is 18.2 Å². The van der Waals surface area contributed by atoms with E-state index in [-0.39, 0.29) is 42.2 Å². The lowest BCUT2D eigenvalue weighted by Gasteiger charge is -2.28. The van der Waals surface area contributed by atoms with E-state index >= 15 is 0 Å². The van der Waals surface area contributed by atoms with E-state index in [2.05, 4.69) is 4.90 Å². The maximum absolute atomic E-state index is 13.6. The lowest BCUT2D eigenvalue weighted by molar-refractivity contribution is -0.144. The van der Waals surface area contributed by atoms with Gasteiger partial charge in [0, 0.05) is 29.3 Å². The topological polar surface area (TPSA) is 109 Å². The number of benzene rings is 2. The normalized spacial score (nSPS) is 28.9. The van der Waals surface area contributed by atoms with Crippen LogP contribution in [0.2, 0.25) is 0 Å². The molecule has 8 nitrogen and oxygen atoms in total. The fourth-order valence-electron chi connectivity index (χ4n) is 5.40. The van der Waals surface area contributed by atoms with Gasteiger partial charge in [-0.2, -0.15) is 0 Å². The molecule has 4 aliphatic heterocycles. The van der Waals surface area contributed by atoms with Crippen molar-refractivity contribution in [3.63, 3.8) is 0 Å². The second-order valence-electron chi connectivity index (χ2n) is 8.51. The molecular weight excluding hydrogens is 428 g/mol. The van der Waals surface area contributed by atoms with Crippen LogP contribution in [0.3, 0.4) is 0 Å². The van der Waals surface area contributed by atoms with Crippen LogP contribution in [0.25, 0.3) is 0 Å². The van der Waals surface area contributed by atoms with Crippen molar-refractivity contribution in [3.8, 4) is 11.5 Å². The Labute approximate surface area is 189 Å². The molecule has 4 atom stereocenters. The Morgan fingerprint density at radius 1 is 1.03 bits per heavy atom. The van der Waals surface area contributed by atoms with Gasteiger partial charge in [-0.05, 0) is 17.7 Å². The molecule has 2 aromatic carbocycles. The van der Waals surface area contributed by atoms with Gasteiger partial charge in [0.2, 0.25) is 11.8 Å². The summed E-state index contributed by atoms with van der Waals surface area (Å²) in [5.41, 5.74) is 7.21. The lowest BCUT2D eigenvalue weighted by Crippen LogP contribution is -2.44. The van der Waals surface area contributed by atoms with Crippen LogP contribution in [0, 0.1) is 17.2 Å². The standard InChI is InChI=1S/C23H22N4O4S/c24-21(25)13-7-5-12(6-8-13)20-19-18(14-10-32-11-27(14)20)22(28)26(23(19)29)9-17-30-15-3-1-2-4-16(15)31-17/h1-8,14,17-20H,9-11H2,(H3,24,25). The number of amides is 2. The summed E-state index contributed by atoms with van der Waals surface area (Å²) in [7, 11) is 0. The summed E-state index contributed by atoms with van der Waals surface area (Å²) >= 11 is 1.79. The van der Waals surface area contributed by atoms with E-state index in [1.807, 2.05) is 36.4 Å². The first-order chi connectivity index (χ1) is 15.5. The van der Waals surface area contributed by atoms with Crippen LogP contribution >= 0.6 is 11.8 Å². The Morgan fingerprint density at radius 2 is 1.69 bits per heavy atom. The summed E-state index contributed by atoms with van der Waals surface area (Å²) in [6.07, 6.45) is -0.693. The van der Waals surface area contributed by atoms with Crippen LogP contribution in [0.4, 0.5) is 0 Å². The van der Waals surface area contributed by atoms with Gasteiger partial charge in [-0.3, -0.25) is 24.8 Å². The third kappa shape index (κ3) is 2.84. The summed E-state index contributed by atoms with van der Waals surface area (Å²) in [4.78, 5) is 30.6. The van der Waals surface area contributed by atoms with E-state index in [1.165, 1.54) is 4.90 Å². The van der Waals surface area contributed by atoms with Crippen molar-refractivity contribution in [1.29, 1.82) is 5.41 Å². The summed E-state index contributed by atoms with van der Waals surface area (Å²) in [5, 5.41) is 7.63. The summed E-state index contributed by atoms with van der Waals surface area (Å²) in [6, 6.07) is 14.6. The molecule has 32 heavy (non-hydrogen) atoms. The number of imide groups is 1. The van der Waals surface area contributed by atoms with Crippen molar-refractivity contribution in [3.05, 3.63) is 59.7 Å². The minimum Gasteiger partial charge on any atom is -0.449 e. The molecule has 0 aliphatic carbocycles. The highest BCUT2D eigenvalue weighted by molar-refractivity contribution is 7.99. The molecule has 2 aromatic rings. The molecule has 0 spiro atoms. The summed E-state index contributed by atoms with van der Waals surface area (Å²) in [5.74, 6) is 1.79. The smallest absolute Gasteiger partial charge is 0.259 e. The average molecular weight is 451 g/mol. The minimum absolute atomic E-state index is 0.00584. The number of carbonyl (C=O) groups is 2. The van der Waals surface area contributed by atoms with Gasteiger partial charge < -0.3 is 15.2 Å². The predicted octanol–water partition coefficient (Wildman–Crippen LogP) is 1.80. The maximum Gasteiger partial charge on any atom is 0.259 e. The van der Waals surface area contributed by atoms with E-state index in [9.17, 15) is 9.59 Å². The van der Waals surface area contributed by atoms with Crippen LogP contribution in [-0.4, -0.2) is 58.0 Å². The Bertz CT molecular complexity index is 1100. The fraction of sp³-hybridized carbons (Fsp3) is 0.348. The zero-order valence-corrected chi connectivity index (χ0v) is 18.0. The van der Waals surface area contributed by atoms with Gasteiger partial charge in [0.15, 0.2) is 11.5 Å². The quantitative estimate of drug-likeness (QED) is 0.415. The third-order valence-electron chi connectivity index (χ3n) is 6.82. The monoisotopic (exact) mass is 450 g/mol. The second kappa shape index (κ2) is 7.25. The summed E-state index contributed by atoms with van der Waals surface area (Å²) in [6.45, 7) is 0.0786. The molecule has 4 aliphatic rings. The molecule has 0 saturated carbocycles. The van der Waals surface area contributed by atoms with E-state index in [4.69, 9.17) is 20.6 Å². The van der Waals surface area contributed by atoms with Crippen molar-refractivity contribution >= 4 is 29.4 Å². The van der Waals surface area contributed by atoms with Crippen molar-refractivity contribution in [2.45, 2.75) is 18.4 Å². The molecule has 3 saturated heterocycles. The number of thioether (sulfide) groups is 1. The minimum atomic E-state index is -0.693. The van der Waals surface area contributed by atoms with Gasteiger partial charge in [-0.25, -0.2) is 0 Å². The van der Waals surface area contributed by atoms with Crippen LogP contribution < -0.4 is 15.2 Å². The lowest BCUT2D eigenvalue weighted by atomic mass is 9.86. The number of hydrogen-bond acceptors (Lipinski definition) is 7. The average Bonchev–Trinajstić information content (AvgIpc) is 3.53. The molecule has 6 rings (SSSR count). The molecule has 0 aromatic heterocycles. The van der Waals surface area contributed by atoms with Crippen LogP contribution in [-0.2, 0) is 9.59 Å². The van der Waals surface area contributed by atoms with E-state index in [0.29, 0.717) is 17.1 Å². The highest BCUT2D eigenvalue weighted by atomic mass is 32.2. The molecule has 0 bridgehead atoms. The number of amidine groups is 1. The Hall–Kier alpha value is -3.04. The highest BCUT2D eigenvalue weighted by Crippen LogP contribution is 2.53. The van der Waals surface area contributed by atoms with Crippen LogP contribution in [0.5, 0.6) is 11.5 Å². The number of rotatable bonds is 4. The van der Waals surface area contributed by atoms with E-state index in [0.717, 1.165) is 17.2 Å². The van der Waals surface area contributed by atoms with Crippen molar-refractivity contribution in [1.82, 2.24) is 9.80 Å². The van der Waals surface area contributed by atoms with Gasteiger partial charge >= 0.3 is 0 Å². The number of likely N-dealkylation sites (tertiary alicyclic amines) is 1. The van der Waals surface area contributed by atoms with E-state index in [1.54, 1.807) is 23.9 Å². The molecule has 2 amide bonds. The zero-order valence-electron chi connectivity index (χ0n) is 17.1. The maximum atomic E-state index is 13.6. The van der Waals surface area contributed by atoms with Gasteiger partial charge in [0.25, 0.3) is 6.29 Å². The first kappa shape index (κ1) is 19.6. The molecule has 9 heteroatoms. The number of ether oxygens (including phenoxy) is 2. The SMILES string of the molecule is N=C(N)c1ccc(C2C3C(=O)N(CC4Oc5ccccc5O4)C(=O)C3C3CSCN32)cc1. The summed E-state index contributed by atoms with van der Waals surface area (Å²) < 4.78 is 11.6. The van der Waals surface area contributed by atoms with Crippen LogP contribution in [0.1, 0.15) is 17.2 Å². The molecule has 3 N–H and O–H groups in total. The first-order valence-electron chi connectivity index (χ1n) is 10.6. The number of carbonyl (C=O) groups excluding carboxylic acids is 2. The second-order valence-corrected chi connectivity index (χ2v) is 9.51. The number of para-hydroxylation sites is 2. The number of nitrogens with zero attached hydrogens (tertiary/aromatic N) is 2. The molecular formula is C23H22N4O4S. The zero-order chi connectivity index (χ0) is 22.0. The number of nitrogen functional groups attached to an aromatic ring is 1. The first-order valence-corrected chi connectivity index (χ1v) is 11.7. The fourth-order valence-corrected chi connectivity index (χ4v) is 6.71. The van der Waals surface area contributed by atoms with Crippen molar-refractivity contribution < 1.29 is 19.1 Å². The molecule has 4 unspecified atom stereocenters. The van der Waals surface area contributed by atoms with Crippen LogP contribution in [0.15, 0.2) is 48.5 Å². The molecule has 164 valence electrons. The van der Waals surface area contributed by atoms with E-state index < -0.39 is 12.2 Å².